The number of benzene rings is 1. The summed E-state index contributed by atoms with van der Waals surface area (Å²) in [6.07, 6.45) is 0. The average molecular weight is 197 g/mol. The van der Waals surface area contributed by atoms with E-state index < -0.39 is 10.0 Å². The van der Waals surface area contributed by atoms with Gasteiger partial charge in [-0.3, -0.25) is 0 Å². The third kappa shape index (κ3) is 3.12. The molecule has 0 radical (unpaired) electrons. The van der Waals surface area contributed by atoms with Crippen LogP contribution in [0.5, 0.6) is 5.75 Å². The summed E-state index contributed by atoms with van der Waals surface area (Å²) in [7, 11) is -3.63. The molecular weight excluding hydrogens is 189 g/mol. The second-order valence-electron chi connectivity index (χ2n) is 2.04. The molecule has 62 valence electrons. The van der Waals surface area contributed by atoms with E-state index in [1.807, 2.05) is 0 Å². The summed E-state index contributed by atoms with van der Waals surface area (Å²) in [6.45, 7) is 0. The fraction of sp³-hybridized carbons (Fsp3) is 0. The first-order valence-electron chi connectivity index (χ1n) is 2.82. The molecule has 0 fully saturated rings. The first-order chi connectivity index (χ1) is 5.00. The Morgan fingerprint density at radius 2 is 1.58 bits per heavy atom. The number of phenolic OH excluding ortho intramolecular Hbond substituents is 1. The molecule has 0 aliphatic carbocycles. The van der Waals surface area contributed by atoms with Gasteiger partial charge in [0.15, 0.2) is 0 Å². The van der Waals surface area contributed by atoms with Gasteiger partial charge in [-0.15, -0.1) is 0 Å². The van der Waals surface area contributed by atoms with E-state index >= 15 is 0 Å². The molecule has 0 amide bonds. The Kier molecular flexibility index (Phi) is 4.22. The van der Waals surface area contributed by atoms with Crippen molar-refractivity contribution in [2.24, 2.45) is 5.14 Å². The Hall–Kier alpha value is -0.0700. The first kappa shape index (κ1) is 11.9. The van der Waals surface area contributed by atoms with Crippen molar-refractivity contribution in [2.45, 2.75) is 4.90 Å². The van der Waals surface area contributed by atoms with Gasteiger partial charge in [0, 0.05) is 0 Å². The zero-order valence-corrected chi connectivity index (χ0v) is 6.38. The Labute approximate surface area is 92.7 Å². The van der Waals surface area contributed by atoms with Gasteiger partial charge in [0.25, 0.3) is 0 Å². The van der Waals surface area contributed by atoms with Crippen LogP contribution in [0.1, 0.15) is 0 Å². The van der Waals surface area contributed by atoms with E-state index in [4.69, 9.17) is 10.2 Å². The summed E-state index contributed by atoms with van der Waals surface area (Å²) in [6, 6.07) is 5.01. The maximum atomic E-state index is 10.6. The van der Waals surface area contributed by atoms with Crippen LogP contribution in [0, 0.1) is 0 Å². The molecule has 0 saturated heterocycles. The number of primary sulfonamides is 1. The van der Waals surface area contributed by atoms with E-state index in [2.05, 4.69) is 0 Å². The zero-order valence-electron chi connectivity index (χ0n) is 5.56. The number of hydrogen-bond donors (Lipinski definition) is 2. The normalized spacial score (nSPS) is 10.4. The number of nitrogens with two attached hydrogens (primary N) is 1. The molecule has 0 heterocycles. The molecule has 3 N–H and O–H groups in total. The molecule has 0 aliphatic heterocycles. The number of sulfonamides is 1. The van der Waals surface area contributed by atoms with E-state index in [9.17, 15) is 8.42 Å². The van der Waals surface area contributed by atoms with Gasteiger partial charge in [0.2, 0.25) is 10.0 Å². The van der Waals surface area contributed by atoms with Crippen LogP contribution in [0.25, 0.3) is 0 Å². The van der Waals surface area contributed by atoms with Gasteiger partial charge in [-0.2, -0.15) is 0 Å². The molecular formula is C6H8NNaO3S. The van der Waals surface area contributed by atoms with E-state index in [0.29, 0.717) is 0 Å². The number of hydrogen-bond acceptors (Lipinski definition) is 3. The molecule has 0 aliphatic rings. The summed E-state index contributed by atoms with van der Waals surface area (Å²) in [5.41, 5.74) is 0. The van der Waals surface area contributed by atoms with Gasteiger partial charge < -0.3 is 5.11 Å². The minimum absolute atomic E-state index is 0. The third-order valence-electron chi connectivity index (χ3n) is 1.17. The molecule has 6 heteroatoms. The van der Waals surface area contributed by atoms with Crippen molar-refractivity contribution in [3.8, 4) is 5.75 Å². The predicted molar refractivity (Wildman–Crippen MR) is 46.6 cm³/mol. The molecule has 4 nitrogen and oxygen atoms in total. The first-order valence-corrected chi connectivity index (χ1v) is 4.36. The third-order valence-corrected chi connectivity index (χ3v) is 2.09. The van der Waals surface area contributed by atoms with E-state index in [0.717, 1.165) is 0 Å². The second kappa shape index (κ2) is 4.25. The Morgan fingerprint density at radius 3 is 1.92 bits per heavy atom. The van der Waals surface area contributed by atoms with E-state index in [1.54, 1.807) is 0 Å². The maximum absolute atomic E-state index is 10.6. The van der Waals surface area contributed by atoms with Crippen LogP contribution in [0.4, 0.5) is 0 Å². The summed E-state index contributed by atoms with van der Waals surface area (Å²) >= 11 is 0. The SMILES string of the molecule is NS(=O)(=O)c1ccc(O)cc1.[NaH]. The van der Waals surface area contributed by atoms with Crippen molar-refractivity contribution in [3.05, 3.63) is 24.3 Å². The van der Waals surface area contributed by atoms with Gasteiger partial charge in [-0.1, -0.05) is 0 Å². The van der Waals surface area contributed by atoms with Crippen LogP contribution < -0.4 is 5.14 Å². The van der Waals surface area contributed by atoms with Crippen molar-refractivity contribution in [1.82, 2.24) is 0 Å². The van der Waals surface area contributed by atoms with Crippen molar-refractivity contribution in [1.29, 1.82) is 0 Å². The van der Waals surface area contributed by atoms with Gasteiger partial charge in [-0.05, 0) is 24.3 Å². The van der Waals surface area contributed by atoms with Crippen molar-refractivity contribution in [2.75, 3.05) is 0 Å². The van der Waals surface area contributed by atoms with Crippen molar-refractivity contribution < 1.29 is 13.5 Å². The van der Waals surface area contributed by atoms with Crippen LogP contribution in [-0.2, 0) is 10.0 Å². The Bertz CT molecular complexity index is 346. The summed E-state index contributed by atoms with van der Waals surface area (Å²) < 4.78 is 21.3. The molecule has 0 aromatic heterocycles. The molecule has 0 unspecified atom stereocenters. The average Bonchev–Trinajstić information content (AvgIpc) is 1.86. The Morgan fingerprint density at radius 1 is 1.17 bits per heavy atom. The van der Waals surface area contributed by atoms with E-state index in [-0.39, 0.29) is 40.2 Å². The molecule has 0 saturated carbocycles. The predicted octanol–water partition coefficient (Wildman–Crippen LogP) is -0.609. The molecule has 1 rings (SSSR count). The monoisotopic (exact) mass is 197 g/mol. The molecule has 0 bridgehead atoms. The van der Waals surface area contributed by atoms with Gasteiger partial charge in [0.1, 0.15) is 5.75 Å². The van der Waals surface area contributed by atoms with Gasteiger partial charge >= 0.3 is 29.6 Å². The molecule has 0 spiro atoms. The van der Waals surface area contributed by atoms with Crippen LogP contribution in [-0.4, -0.2) is 43.1 Å². The molecule has 1 aromatic rings. The number of rotatable bonds is 1. The minimum atomic E-state index is -3.63. The summed E-state index contributed by atoms with van der Waals surface area (Å²) in [5.74, 6) is 0.0115. The van der Waals surface area contributed by atoms with E-state index in [1.165, 1.54) is 24.3 Å². The van der Waals surface area contributed by atoms with Crippen molar-refractivity contribution >= 4 is 39.6 Å². The number of phenols is 1. The topological polar surface area (TPSA) is 80.4 Å². The molecule has 0 atom stereocenters. The van der Waals surface area contributed by atoms with Gasteiger partial charge in [0.05, 0.1) is 4.90 Å². The van der Waals surface area contributed by atoms with Crippen molar-refractivity contribution in [3.63, 3.8) is 0 Å². The second-order valence-corrected chi connectivity index (χ2v) is 3.60. The van der Waals surface area contributed by atoms with Crippen LogP contribution in [0.3, 0.4) is 0 Å². The fourth-order valence-corrected chi connectivity index (χ4v) is 1.15. The quantitative estimate of drug-likeness (QED) is 0.589. The molecule has 12 heavy (non-hydrogen) atoms. The zero-order chi connectivity index (χ0) is 8.48. The summed E-state index contributed by atoms with van der Waals surface area (Å²) in [5, 5.41) is 13.6. The summed E-state index contributed by atoms with van der Waals surface area (Å²) in [4.78, 5) is -0.00435. The fourth-order valence-electron chi connectivity index (χ4n) is 0.636. The van der Waals surface area contributed by atoms with Crippen LogP contribution >= 0.6 is 0 Å². The molecule has 1 aromatic carbocycles. The standard InChI is InChI=1S/C6H7NO3S.Na.H/c7-11(9,10)6-3-1-5(8)2-4-6;;/h1-4,8H,(H2,7,9,10);;. The van der Waals surface area contributed by atoms with Crippen LogP contribution in [0.15, 0.2) is 29.2 Å². The Balaban J connectivity index is 0.00000121. The van der Waals surface area contributed by atoms with Crippen LogP contribution in [0.2, 0.25) is 0 Å². The number of aromatic hydroxyl groups is 1. The van der Waals surface area contributed by atoms with Gasteiger partial charge in [-0.25, -0.2) is 13.6 Å².